The Hall–Kier alpha value is -5.32. The SMILES string of the molecule is c1ccc(N(c2ccccc2)n2c3cc4ccn(-c5ccccc5)c4cc3c3cc4sc5ccccc5c4cc32)cc1. The zero-order chi connectivity index (χ0) is 27.6. The lowest BCUT2D eigenvalue weighted by Crippen LogP contribution is -2.23. The molecule has 6 aromatic carbocycles. The molecule has 0 fully saturated rings. The molecule has 0 saturated carbocycles. The van der Waals surface area contributed by atoms with Crippen molar-refractivity contribution in [2.24, 2.45) is 0 Å². The second-order valence-corrected chi connectivity index (χ2v) is 11.8. The third kappa shape index (κ3) is 3.46. The molecule has 198 valence electrons. The summed E-state index contributed by atoms with van der Waals surface area (Å²) >= 11 is 1.87. The number of anilines is 2. The van der Waals surface area contributed by atoms with Crippen LogP contribution in [0.15, 0.2) is 152 Å². The van der Waals surface area contributed by atoms with Gasteiger partial charge in [0, 0.05) is 48.2 Å². The van der Waals surface area contributed by atoms with Gasteiger partial charge in [0.15, 0.2) is 0 Å². The van der Waals surface area contributed by atoms with E-state index in [9.17, 15) is 0 Å². The highest BCUT2D eigenvalue weighted by molar-refractivity contribution is 7.25. The van der Waals surface area contributed by atoms with Crippen molar-refractivity contribution in [3.63, 3.8) is 0 Å². The lowest BCUT2D eigenvalue weighted by molar-refractivity contribution is 0.887. The van der Waals surface area contributed by atoms with Gasteiger partial charge in [-0.15, -0.1) is 11.3 Å². The van der Waals surface area contributed by atoms with Crippen molar-refractivity contribution in [1.82, 2.24) is 9.24 Å². The highest BCUT2D eigenvalue weighted by Crippen LogP contribution is 2.42. The molecule has 0 unspecified atom stereocenters. The molecular weight excluding hydrogens is 531 g/mol. The smallest absolute Gasteiger partial charge is 0.0723 e. The quantitative estimate of drug-likeness (QED) is 0.210. The number of hydrogen-bond donors (Lipinski definition) is 0. The molecule has 0 spiro atoms. The van der Waals surface area contributed by atoms with Crippen molar-refractivity contribution < 1.29 is 0 Å². The Kier molecular flexibility index (Phi) is 5.07. The maximum absolute atomic E-state index is 2.42. The first-order valence-electron chi connectivity index (χ1n) is 14.2. The molecule has 0 amide bonds. The van der Waals surface area contributed by atoms with Crippen molar-refractivity contribution in [1.29, 1.82) is 0 Å². The molecule has 3 aromatic heterocycles. The Labute approximate surface area is 246 Å². The summed E-state index contributed by atoms with van der Waals surface area (Å²) in [5.74, 6) is 0. The minimum atomic E-state index is 1.11. The first-order valence-corrected chi connectivity index (χ1v) is 15.0. The van der Waals surface area contributed by atoms with Gasteiger partial charge in [0.2, 0.25) is 0 Å². The van der Waals surface area contributed by atoms with Gasteiger partial charge in [-0.05, 0) is 72.8 Å². The van der Waals surface area contributed by atoms with Crippen LogP contribution in [0.3, 0.4) is 0 Å². The molecule has 0 radical (unpaired) electrons. The van der Waals surface area contributed by atoms with E-state index in [1.165, 1.54) is 52.9 Å². The fourth-order valence-corrected chi connectivity index (χ4v) is 7.52. The largest absolute Gasteiger partial charge is 0.317 e. The van der Waals surface area contributed by atoms with Crippen LogP contribution < -0.4 is 5.01 Å². The van der Waals surface area contributed by atoms with Crippen LogP contribution in [0.25, 0.3) is 58.6 Å². The van der Waals surface area contributed by atoms with Gasteiger partial charge in [-0.2, -0.15) is 0 Å². The van der Waals surface area contributed by atoms with Crippen molar-refractivity contribution in [2.75, 3.05) is 5.01 Å². The second kappa shape index (κ2) is 9.10. The molecule has 0 atom stereocenters. The summed E-state index contributed by atoms with van der Waals surface area (Å²) in [4.78, 5) is 0. The lowest BCUT2D eigenvalue weighted by atomic mass is 10.1. The average molecular weight is 556 g/mol. The van der Waals surface area contributed by atoms with Crippen LogP contribution in [0.4, 0.5) is 11.4 Å². The molecule has 0 N–H and O–H groups in total. The van der Waals surface area contributed by atoms with Gasteiger partial charge < -0.3 is 4.57 Å². The van der Waals surface area contributed by atoms with Gasteiger partial charge in [-0.1, -0.05) is 72.8 Å². The minimum absolute atomic E-state index is 1.11. The van der Waals surface area contributed by atoms with E-state index in [0.29, 0.717) is 0 Å². The Morgan fingerprint density at radius 3 is 1.79 bits per heavy atom. The van der Waals surface area contributed by atoms with Crippen molar-refractivity contribution >= 4 is 75.6 Å². The zero-order valence-electron chi connectivity index (χ0n) is 22.7. The molecule has 3 heterocycles. The molecule has 0 saturated heterocycles. The molecule has 4 heteroatoms. The summed E-state index contributed by atoms with van der Waals surface area (Å²) in [6, 6.07) is 52.5. The Balaban J connectivity index is 1.44. The molecule has 3 nitrogen and oxygen atoms in total. The van der Waals surface area contributed by atoms with Crippen LogP contribution in [0, 0.1) is 0 Å². The van der Waals surface area contributed by atoms with Crippen molar-refractivity contribution in [3.05, 3.63) is 152 Å². The van der Waals surface area contributed by atoms with Crippen LogP contribution in [-0.4, -0.2) is 9.24 Å². The molecule has 9 rings (SSSR count). The summed E-state index contributed by atoms with van der Waals surface area (Å²) in [5, 5.41) is 8.66. The third-order valence-corrected chi connectivity index (χ3v) is 9.42. The van der Waals surface area contributed by atoms with E-state index in [4.69, 9.17) is 0 Å². The van der Waals surface area contributed by atoms with Gasteiger partial charge in [-0.25, -0.2) is 9.69 Å². The molecule has 0 bridgehead atoms. The summed E-state index contributed by atoms with van der Waals surface area (Å²) in [6.45, 7) is 0. The third-order valence-electron chi connectivity index (χ3n) is 8.29. The Bertz CT molecular complexity index is 2360. The lowest BCUT2D eigenvalue weighted by Gasteiger charge is -2.28. The number of benzene rings is 6. The number of hydrogen-bond acceptors (Lipinski definition) is 2. The maximum Gasteiger partial charge on any atom is 0.0723 e. The van der Waals surface area contributed by atoms with E-state index in [-0.39, 0.29) is 0 Å². The van der Waals surface area contributed by atoms with Gasteiger partial charge in [-0.3, -0.25) is 0 Å². The fourth-order valence-electron chi connectivity index (χ4n) is 6.39. The summed E-state index contributed by atoms with van der Waals surface area (Å²) in [5.41, 5.74) is 6.96. The molecule has 0 aliphatic rings. The first-order chi connectivity index (χ1) is 20.8. The van der Waals surface area contributed by atoms with Crippen LogP contribution in [0.5, 0.6) is 0 Å². The van der Waals surface area contributed by atoms with E-state index in [0.717, 1.165) is 17.1 Å². The predicted molar refractivity (Wildman–Crippen MR) is 180 cm³/mol. The predicted octanol–water partition coefficient (Wildman–Crippen LogP) is 10.7. The van der Waals surface area contributed by atoms with Gasteiger partial charge in [0.1, 0.15) is 0 Å². The van der Waals surface area contributed by atoms with Gasteiger partial charge in [0.25, 0.3) is 0 Å². The Morgan fingerprint density at radius 2 is 1.05 bits per heavy atom. The van der Waals surface area contributed by atoms with Crippen molar-refractivity contribution in [2.45, 2.75) is 0 Å². The summed E-state index contributed by atoms with van der Waals surface area (Å²) in [7, 11) is 0. The molecule has 0 aliphatic heterocycles. The van der Waals surface area contributed by atoms with E-state index in [1.54, 1.807) is 0 Å². The van der Waals surface area contributed by atoms with Crippen LogP contribution in [0.2, 0.25) is 0 Å². The monoisotopic (exact) mass is 555 g/mol. The summed E-state index contributed by atoms with van der Waals surface area (Å²) in [6.07, 6.45) is 2.18. The number of aromatic nitrogens is 2. The van der Waals surface area contributed by atoms with E-state index >= 15 is 0 Å². The highest BCUT2D eigenvalue weighted by atomic mass is 32.1. The van der Waals surface area contributed by atoms with E-state index in [1.807, 2.05) is 11.3 Å². The number of fused-ring (bicyclic) bond motifs is 7. The number of para-hydroxylation sites is 3. The maximum atomic E-state index is 2.42. The second-order valence-electron chi connectivity index (χ2n) is 10.7. The van der Waals surface area contributed by atoms with Gasteiger partial charge >= 0.3 is 0 Å². The number of rotatable bonds is 4. The zero-order valence-corrected chi connectivity index (χ0v) is 23.5. The number of nitrogens with zero attached hydrogens (tertiary/aromatic N) is 3. The standard InChI is InChI=1S/C38H25N3S/c1-4-12-27(13-5-1)39-21-20-26-22-35-31(23-34(26)39)32-25-38-33(30-18-10-11-19-37(30)42-38)24-36(32)41(35)40(28-14-6-2-7-15-28)29-16-8-3-9-17-29/h1-25H. The first kappa shape index (κ1) is 23.4. The average Bonchev–Trinajstić information content (AvgIpc) is 3.72. The normalized spacial score (nSPS) is 11.8. The van der Waals surface area contributed by atoms with Crippen LogP contribution in [-0.2, 0) is 0 Å². The molecular formula is C38H25N3S. The molecule has 42 heavy (non-hydrogen) atoms. The summed E-state index contributed by atoms with van der Waals surface area (Å²) < 4.78 is 7.34. The van der Waals surface area contributed by atoms with Crippen molar-refractivity contribution in [3.8, 4) is 5.69 Å². The topological polar surface area (TPSA) is 13.1 Å². The fraction of sp³-hybridized carbons (Fsp3) is 0. The van der Waals surface area contributed by atoms with Crippen LogP contribution in [0.1, 0.15) is 0 Å². The van der Waals surface area contributed by atoms with Crippen LogP contribution >= 0.6 is 11.3 Å². The van der Waals surface area contributed by atoms with E-state index < -0.39 is 0 Å². The van der Waals surface area contributed by atoms with Gasteiger partial charge in [0.05, 0.1) is 27.9 Å². The van der Waals surface area contributed by atoms with E-state index in [2.05, 4.69) is 166 Å². The molecule has 0 aliphatic carbocycles. The minimum Gasteiger partial charge on any atom is -0.317 e. The Morgan fingerprint density at radius 1 is 0.452 bits per heavy atom. The molecule has 9 aromatic rings. The number of thiophene rings is 1. The highest BCUT2D eigenvalue weighted by Gasteiger charge is 2.22.